The van der Waals surface area contributed by atoms with Crippen molar-refractivity contribution in [2.75, 3.05) is 19.8 Å². The number of carboxylic acids is 1. The molecular weight excluding hydrogens is 376 g/mol. The maximum atomic E-state index is 12.5. The van der Waals surface area contributed by atoms with Gasteiger partial charge in [-0.3, -0.25) is 14.4 Å². The quantitative estimate of drug-likeness (QED) is 0.169. The summed E-state index contributed by atoms with van der Waals surface area (Å²) in [5.41, 5.74) is -0.768. The standard InChI is InChI=1S/C17H28N2O9/c1-9(23)4-10(24)5-17(2-3-17)11(6-20)14(25)18-12(7-21)15(26)19-13(8-22)16(27)28/h9,11-13,20-23H,2-8H2,1H3,(H,18,25)(H,19,26)(H,27,28)/t9?,11-,12-,13-/m0/s1. The van der Waals surface area contributed by atoms with Crippen molar-refractivity contribution in [1.82, 2.24) is 10.6 Å². The van der Waals surface area contributed by atoms with Crippen LogP contribution in [0.25, 0.3) is 0 Å². The van der Waals surface area contributed by atoms with E-state index in [0.29, 0.717) is 12.8 Å². The first-order chi connectivity index (χ1) is 13.1. The Morgan fingerprint density at radius 1 is 0.929 bits per heavy atom. The number of aliphatic hydroxyl groups excluding tert-OH is 4. The van der Waals surface area contributed by atoms with Crippen LogP contribution in [0.5, 0.6) is 0 Å². The number of carbonyl (C=O) groups is 4. The summed E-state index contributed by atoms with van der Waals surface area (Å²) in [6, 6.07) is -3.08. The molecule has 1 saturated carbocycles. The highest BCUT2D eigenvalue weighted by Crippen LogP contribution is 2.55. The molecule has 28 heavy (non-hydrogen) atoms. The van der Waals surface area contributed by atoms with E-state index in [1.165, 1.54) is 6.92 Å². The largest absolute Gasteiger partial charge is 0.480 e. The van der Waals surface area contributed by atoms with Gasteiger partial charge in [-0.1, -0.05) is 0 Å². The fourth-order valence-electron chi connectivity index (χ4n) is 3.08. The smallest absolute Gasteiger partial charge is 0.328 e. The molecular formula is C17H28N2O9. The number of rotatable bonds is 13. The summed E-state index contributed by atoms with van der Waals surface area (Å²) in [4.78, 5) is 47.5. The van der Waals surface area contributed by atoms with Crippen LogP contribution in [0.4, 0.5) is 0 Å². The molecule has 0 radical (unpaired) electrons. The van der Waals surface area contributed by atoms with E-state index in [0.717, 1.165) is 0 Å². The zero-order valence-corrected chi connectivity index (χ0v) is 15.6. The molecule has 2 amide bonds. The van der Waals surface area contributed by atoms with Gasteiger partial charge in [0.15, 0.2) is 0 Å². The van der Waals surface area contributed by atoms with Gasteiger partial charge in [-0.2, -0.15) is 0 Å². The van der Waals surface area contributed by atoms with E-state index in [1.807, 2.05) is 5.32 Å². The fraction of sp³-hybridized carbons (Fsp3) is 0.765. The van der Waals surface area contributed by atoms with Crippen molar-refractivity contribution in [2.45, 2.75) is 50.8 Å². The lowest BCUT2D eigenvalue weighted by Gasteiger charge is -2.26. The minimum Gasteiger partial charge on any atom is -0.480 e. The SMILES string of the molecule is CC(O)CC(=O)CC1([C@@H](CO)C(=O)N[C@@H](CO)C(=O)N[C@@H](CO)C(=O)O)CC1. The predicted octanol–water partition coefficient (Wildman–Crippen LogP) is -2.86. The highest BCUT2D eigenvalue weighted by molar-refractivity contribution is 5.91. The van der Waals surface area contributed by atoms with Crippen LogP contribution in [0.15, 0.2) is 0 Å². The third-order valence-corrected chi connectivity index (χ3v) is 4.82. The Balaban J connectivity index is 2.77. The van der Waals surface area contributed by atoms with E-state index in [-0.39, 0.29) is 18.6 Å². The van der Waals surface area contributed by atoms with Gasteiger partial charge < -0.3 is 36.2 Å². The van der Waals surface area contributed by atoms with Gasteiger partial charge in [0.2, 0.25) is 11.8 Å². The van der Waals surface area contributed by atoms with Gasteiger partial charge in [-0.05, 0) is 25.2 Å². The Morgan fingerprint density at radius 2 is 1.46 bits per heavy atom. The number of nitrogens with one attached hydrogen (secondary N) is 2. The van der Waals surface area contributed by atoms with Gasteiger partial charge >= 0.3 is 5.97 Å². The van der Waals surface area contributed by atoms with E-state index in [4.69, 9.17) is 10.2 Å². The summed E-state index contributed by atoms with van der Waals surface area (Å²) in [6.07, 6.45) is 0.136. The van der Waals surface area contributed by atoms with E-state index >= 15 is 0 Å². The average Bonchev–Trinajstić information content (AvgIpc) is 3.36. The van der Waals surface area contributed by atoms with Crippen LogP contribution in [-0.4, -0.2) is 87.1 Å². The van der Waals surface area contributed by atoms with Crippen LogP contribution in [-0.2, 0) is 19.2 Å². The Morgan fingerprint density at radius 3 is 1.86 bits per heavy atom. The average molecular weight is 404 g/mol. The van der Waals surface area contributed by atoms with Crippen LogP contribution in [0.1, 0.15) is 32.6 Å². The minimum atomic E-state index is -1.60. The summed E-state index contributed by atoms with van der Waals surface area (Å²) >= 11 is 0. The second-order valence-electron chi connectivity index (χ2n) is 7.19. The maximum Gasteiger partial charge on any atom is 0.328 e. The maximum absolute atomic E-state index is 12.5. The third kappa shape index (κ3) is 6.51. The number of aliphatic hydroxyl groups is 4. The Hall–Kier alpha value is -2.08. The number of carboxylic acid groups (broad SMARTS) is 1. The van der Waals surface area contributed by atoms with E-state index < -0.39 is 67.1 Å². The first-order valence-corrected chi connectivity index (χ1v) is 8.96. The molecule has 4 atom stereocenters. The highest BCUT2D eigenvalue weighted by Gasteiger charge is 2.53. The molecule has 0 aromatic carbocycles. The fourth-order valence-corrected chi connectivity index (χ4v) is 3.08. The Kier molecular flexibility index (Phi) is 8.95. The van der Waals surface area contributed by atoms with Gasteiger partial charge in [-0.25, -0.2) is 4.79 Å². The predicted molar refractivity (Wildman–Crippen MR) is 93.8 cm³/mol. The Labute approximate surface area is 161 Å². The van der Waals surface area contributed by atoms with E-state index in [2.05, 4.69) is 5.32 Å². The second kappa shape index (κ2) is 10.5. The molecule has 0 heterocycles. The highest BCUT2D eigenvalue weighted by atomic mass is 16.4. The molecule has 0 aromatic heterocycles. The molecule has 0 aromatic rings. The number of ketones is 1. The second-order valence-corrected chi connectivity index (χ2v) is 7.19. The number of amides is 2. The van der Waals surface area contributed by atoms with Gasteiger partial charge in [0, 0.05) is 12.8 Å². The van der Waals surface area contributed by atoms with Crippen LogP contribution >= 0.6 is 0 Å². The first kappa shape index (κ1) is 24.0. The van der Waals surface area contributed by atoms with Crippen molar-refractivity contribution >= 4 is 23.6 Å². The van der Waals surface area contributed by atoms with Crippen molar-refractivity contribution in [3.8, 4) is 0 Å². The zero-order chi connectivity index (χ0) is 21.5. The van der Waals surface area contributed by atoms with Crippen LogP contribution in [0.3, 0.4) is 0 Å². The molecule has 1 aliphatic carbocycles. The monoisotopic (exact) mass is 404 g/mol. The van der Waals surface area contributed by atoms with Gasteiger partial charge in [-0.15, -0.1) is 0 Å². The molecule has 0 aliphatic heterocycles. The van der Waals surface area contributed by atoms with Gasteiger partial charge in [0.1, 0.15) is 17.9 Å². The topological polar surface area (TPSA) is 193 Å². The third-order valence-electron chi connectivity index (χ3n) is 4.82. The minimum absolute atomic E-state index is 0.00185. The molecule has 160 valence electrons. The van der Waals surface area contributed by atoms with Crippen LogP contribution in [0, 0.1) is 11.3 Å². The molecule has 1 fully saturated rings. The summed E-state index contributed by atoms with van der Waals surface area (Å²) in [7, 11) is 0. The summed E-state index contributed by atoms with van der Waals surface area (Å²) in [5.74, 6) is -4.50. The summed E-state index contributed by atoms with van der Waals surface area (Å²) in [6.45, 7) is -0.820. The van der Waals surface area contributed by atoms with Crippen LogP contribution < -0.4 is 10.6 Å². The van der Waals surface area contributed by atoms with Crippen LogP contribution in [0.2, 0.25) is 0 Å². The lowest BCUT2D eigenvalue weighted by Crippen LogP contribution is -2.55. The van der Waals surface area contributed by atoms with Gasteiger partial charge in [0.25, 0.3) is 0 Å². The number of hydrogen-bond donors (Lipinski definition) is 7. The molecule has 0 bridgehead atoms. The van der Waals surface area contributed by atoms with Crippen molar-refractivity contribution in [2.24, 2.45) is 11.3 Å². The number of hydrogen-bond acceptors (Lipinski definition) is 8. The molecule has 7 N–H and O–H groups in total. The van der Waals surface area contributed by atoms with E-state index in [9.17, 15) is 34.5 Å². The molecule has 1 unspecified atom stereocenters. The van der Waals surface area contributed by atoms with E-state index in [1.54, 1.807) is 0 Å². The summed E-state index contributed by atoms with van der Waals surface area (Å²) in [5, 5.41) is 50.3. The molecule has 1 aliphatic rings. The van der Waals surface area contributed by atoms with Crippen molar-refractivity contribution in [3.05, 3.63) is 0 Å². The Bertz CT molecular complexity index is 589. The lowest BCUT2D eigenvalue weighted by atomic mass is 9.83. The summed E-state index contributed by atoms with van der Waals surface area (Å²) < 4.78 is 0. The van der Waals surface area contributed by atoms with Crippen molar-refractivity contribution < 1.29 is 44.7 Å². The molecule has 1 rings (SSSR count). The number of carbonyl (C=O) groups excluding carboxylic acids is 3. The molecule has 11 nitrogen and oxygen atoms in total. The number of Topliss-reactive ketones (excluding diaryl/α,β-unsaturated/α-hetero) is 1. The van der Waals surface area contributed by atoms with Crippen molar-refractivity contribution in [1.29, 1.82) is 0 Å². The molecule has 11 heteroatoms. The molecule has 0 spiro atoms. The zero-order valence-electron chi connectivity index (χ0n) is 15.6. The molecule has 0 saturated heterocycles. The van der Waals surface area contributed by atoms with Crippen molar-refractivity contribution in [3.63, 3.8) is 0 Å². The lowest BCUT2D eigenvalue weighted by molar-refractivity contribution is -0.143. The normalized spacial score (nSPS) is 19.0. The number of aliphatic carboxylic acids is 1. The van der Waals surface area contributed by atoms with Gasteiger partial charge in [0.05, 0.1) is 31.8 Å². The first-order valence-electron chi connectivity index (χ1n) is 8.96.